The Kier molecular flexibility index (Phi) is 3.01. The number of rotatable bonds is 5. The zero-order valence-electron chi connectivity index (χ0n) is 11.9. The molecule has 2 aliphatic rings. The molecule has 0 spiro atoms. The Hall–Kier alpha value is -2.12. The second-order valence-corrected chi connectivity index (χ2v) is 6.08. The van der Waals surface area contributed by atoms with Crippen LogP contribution in [0, 0.1) is 11.3 Å². The van der Waals surface area contributed by atoms with Crippen LogP contribution in [-0.4, -0.2) is 15.8 Å². The molecule has 2 aliphatic carbocycles. The molecular weight excluding hydrogens is 260 g/mol. The van der Waals surface area contributed by atoms with Crippen LogP contribution in [0.1, 0.15) is 48.4 Å². The van der Waals surface area contributed by atoms with Crippen molar-refractivity contribution in [2.45, 2.75) is 44.2 Å². The molecule has 0 atom stereocenters. The van der Waals surface area contributed by atoms with Crippen LogP contribution in [-0.2, 0) is 6.54 Å². The van der Waals surface area contributed by atoms with Gasteiger partial charge < -0.3 is 5.32 Å². The number of nitriles is 1. The average molecular weight is 278 g/mol. The van der Waals surface area contributed by atoms with E-state index in [-0.39, 0.29) is 0 Å². The normalized spacial score (nSPS) is 17.7. The molecule has 2 fully saturated rings. The number of hydrogen-bond acceptors (Lipinski definition) is 3. The van der Waals surface area contributed by atoms with Gasteiger partial charge in [0, 0.05) is 24.7 Å². The maximum absolute atomic E-state index is 9.41. The van der Waals surface area contributed by atoms with Crippen molar-refractivity contribution in [3.8, 4) is 11.8 Å². The molecule has 4 rings (SSSR count). The SMILES string of the molecule is N#Cc1cc(CNC2CC2)ccc1-n1ccc(C2CC2)n1. The number of nitrogens with one attached hydrogen (secondary N) is 1. The van der Waals surface area contributed by atoms with Gasteiger partial charge in [0.05, 0.1) is 16.9 Å². The molecule has 106 valence electrons. The molecule has 0 radical (unpaired) electrons. The maximum Gasteiger partial charge on any atom is 0.101 e. The van der Waals surface area contributed by atoms with E-state index in [1.807, 2.05) is 23.0 Å². The van der Waals surface area contributed by atoms with Crippen LogP contribution in [0.5, 0.6) is 0 Å². The fourth-order valence-electron chi connectivity index (χ4n) is 2.60. The molecule has 2 saturated carbocycles. The summed E-state index contributed by atoms with van der Waals surface area (Å²) in [6, 6.07) is 11.1. The Balaban J connectivity index is 1.59. The molecule has 1 N–H and O–H groups in total. The van der Waals surface area contributed by atoms with Crippen molar-refractivity contribution in [2.75, 3.05) is 0 Å². The van der Waals surface area contributed by atoms with Crippen LogP contribution in [0.3, 0.4) is 0 Å². The van der Waals surface area contributed by atoms with E-state index in [0.717, 1.165) is 23.5 Å². The molecule has 0 bridgehead atoms. The van der Waals surface area contributed by atoms with E-state index in [1.54, 1.807) is 0 Å². The van der Waals surface area contributed by atoms with Gasteiger partial charge in [0.2, 0.25) is 0 Å². The number of nitrogens with zero attached hydrogens (tertiary/aromatic N) is 3. The molecule has 0 amide bonds. The summed E-state index contributed by atoms with van der Waals surface area (Å²) < 4.78 is 1.84. The second kappa shape index (κ2) is 5.01. The van der Waals surface area contributed by atoms with E-state index in [9.17, 15) is 5.26 Å². The number of hydrogen-bond donors (Lipinski definition) is 1. The minimum Gasteiger partial charge on any atom is -0.310 e. The van der Waals surface area contributed by atoms with Gasteiger partial charge in [0.15, 0.2) is 0 Å². The Morgan fingerprint density at radius 3 is 2.81 bits per heavy atom. The molecule has 21 heavy (non-hydrogen) atoms. The maximum atomic E-state index is 9.41. The second-order valence-electron chi connectivity index (χ2n) is 6.08. The molecule has 0 aliphatic heterocycles. The lowest BCUT2D eigenvalue weighted by Gasteiger charge is -2.08. The fourth-order valence-corrected chi connectivity index (χ4v) is 2.60. The van der Waals surface area contributed by atoms with Gasteiger partial charge in [-0.3, -0.25) is 0 Å². The minimum absolute atomic E-state index is 0.638. The minimum atomic E-state index is 0.638. The summed E-state index contributed by atoms with van der Waals surface area (Å²) >= 11 is 0. The molecule has 1 aromatic heterocycles. The van der Waals surface area contributed by atoms with Gasteiger partial charge in [0.25, 0.3) is 0 Å². The Morgan fingerprint density at radius 1 is 1.24 bits per heavy atom. The molecule has 0 saturated heterocycles. The van der Waals surface area contributed by atoms with E-state index in [2.05, 4.69) is 28.6 Å². The summed E-state index contributed by atoms with van der Waals surface area (Å²) in [5.41, 5.74) is 3.88. The van der Waals surface area contributed by atoms with Gasteiger partial charge in [-0.2, -0.15) is 10.4 Å². The highest BCUT2D eigenvalue weighted by molar-refractivity contribution is 5.50. The molecule has 0 unspecified atom stereocenters. The lowest BCUT2D eigenvalue weighted by molar-refractivity contribution is 0.687. The molecular formula is C17H18N4. The standard InChI is InChI=1S/C17H18N4/c18-10-14-9-12(11-19-15-4-5-15)1-6-17(14)21-8-7-16(20-21)13-2-3-13/h1,6-9,13,15,19H,2-5,11H2. The monoisotopic (exact) mass is 278 g/mol. The highest BCUT2D eigenvalue weighted by Gasteiger charge is 2.26. The third-order valence-corrected chi connectivity index (χ3v) is 4.21. The lowest BCUT2D eigenvalue weighted by atomic mass is 10.1. The number of benzene rings is 1. The van der Waals surface area contributed by atoms with Gasteiger partial charge in [-0.25, -0.2) is 4.68 Å². The first-order chi connectivity index (χ1) is 10.3. The first-order valence-electron chi connectivity index (χ1n) is 7.66. The zero-order chi connectivity index (χ0) is 14.2. The van der Waals surface area contributed by atoms with Crippen molar-refractivity contribution in [2.24, 2.45) is 0 Å². The van der Waals surface area contributed by atoms with Crippen LogP contribution < -0.4 is 5.32 Å². The quantitative estimate of drug-likeness (QED) is 0.915. The fraction of sp³-hybridized carbons (Fsp3) is 0.412. The first-order valence-corrected chi connectivity index (χ1v) is 7.66. The first kappa shape index (κ1) is 12.6. The topological polar surface area (TPSA) is 53.6 Å². The van der Waals surface area contributed by atoms with E-state index in [0.29, 0.717) is 17.5 Å². The molecule has 1 aromatic carbocycles. The van der Waals surface area contributed by atoms with E-state index >= 15 is 0 Å². The summed E-state index contributed by atoms with van der Waals surface area (Å²) in [5, 5.41) is 17.5. The molecule has 4 heteroatoms. The highest BCUT2D eigenvalue weighted by atomic mass is 15.3. The van der Waals surface area contributed by atoms with E-state index < -0.39 is 0 Å². The summed E-state index contributed by atoms with van der Waals surface area (Å²) in [6.07, 6.45) is 7.01. The molecule has 4 nitrogen and oxygen atoms in total. The van der Waals surface area contributed by atoms with Crippen LogP contribution in [0.25, 0.3) is 5.69 Å². The number of aromatic nitrogens is 2. The van der Waals surface area contributed by atoms with Crippen LogP contribution in [0.15, 0.2) is 30.5 Å². The van der Waals surface area contributed by atoms with Gasteiger partial charge >= 0.3 is 0 Å². The van der Waals surface area contributed by atoms with E-state index in [1.165, 1.54) is 25.7 Å². The Labute approximate surface area is 124 Å². The Bertz CT molecular complexity index is 702. The summed E-state index contributed by atoms with van der Waals surface area (Å²) in [5.74, 6) is 0.638. The molecule has 1 heterocycles. The summed E-state index contributed by atoms with van der Waals surface area (Å²) in [4.78, 5) is 0. The largest absolute Gasteiger partial charge is 0.310 e. The van der Waals surface area contributed by atoms with Crippen molar-refractivity contribution in [3.05, 3.63) is 47.3 Å². The molecule has 2 aromatic rings. The van der Waals surface area contributed by atoms with Crippen molar-refractivity contribution in [3.63, 3.8) is 0 Å². The summed E-state index contributed by atoms with van der Waals surface area (Å²) in [7, 11) is 0. The van der Waals surface area contributed by atoms with E-state index in [4.69, 9.17) is 0 Å². The van der Waals surface area contributed by atoms with Gasteiger partial charge in [-0.1, -0.05) is 6.07 Å². The Morgan fingerprint density at radius 2 is 2.10 bits per heavy atom. The predicted octanol–water partition coefficient (Wildman–Crippen LogP) is 2.87. The highest BCUT2D eigenvalue weighted by Crippen LogP contribution is 2.39. The van der Waals surface area contributed by atoms with Crippen molar-refractivity contribution in [1.29, 1.82) is 5.26 Å². The van der Waals surface area contributed by atoms with Crippen molar-refractivity contribution < 1.29 is 0 Å². The van der Waals surface area contributed by atoms with Gasteiger partial charge in [0.1, 0.15) is 6.07 Å². The third kappa shape index (κ3) is 2.70. The average Bonchev–Trinajstić information content (AvgIpc) is 3.44. The van der Waals surface area contributed by atoms with Crippen LogP contribution in [0.4, 0.5) is 0 Å². The predicted molar refractivity (Wildman–Crippen MR) is 80.1 cm³/mol. The smallest absolute Gasteiger partial charge is 0.101 e. The lowest BCUT2D eigenvalue weighted by Crippen LogP contribution is -2.15. The van der Waals surface area contributed by atoms with Crippen LogP contribution >= 0.6 is 0 Å². The summed E-state index contributed by atoms with van der Waals surface area (Å²) in [6.45, 7) is 0.839. The van der Waals surface area contributed by atoms with Gasteiger partial charge in [-0.15, -0.1) is 0 Å². The van der Waals surface area contributed by atoms with Crippen molar-refractivity contribution >= 4 is 0 Å². The van der Waals surface area contributed by atoms with Crippen LogP contribution in [0.2, 0.25) is 0 Å². The van der Waals surface area contributed by atoms with Gasteiger partial charge in [-0.05, 0) is 49.4 Å². The third-order valence-electron chi connectivity index (χ3n) is 4.21. The zero-order valence-corrected chi connectivity index (χ0v) is 11.9. The van der Waals surface area contributed by atoms with Crippen molar-refractivity contribution in [1.82, 2.24) is 15.1 Å².